The van der Waals surface area contributed by atoms with Crippen LogP contribution in [0.1, 0.15) is 11.3 Å². The number of aromatic amines is 1. The molecule has 0 aliphatic heterocycles. The zero-order valence-electron chi connectivity index (χ0n) is 9.15. The zero-order chi connectivity index (χ0) is 11.5. The Balaban J connectivity index is 2.40. The number of hydrogen-bond donors (Lipinski definition) is 1. The summed E-state index contributed by atoms with van der Waals surface area (Å²) in [4.78, 5) is 18.4. The maximum absolute atomic E-state index is 11.0. The number of hydrogen-bond acceptors (Lipinski definition) is 3. The second kappa shape index (κ2) is 4.18. The second-order valence-corrected chi connectivity index (χ2v) is 3.44. The summed E-state index contributed by atoms with van der Waals surface area (Å²) in [6, 6.07) is 3.92. The molecule has 0 bridgehead atoms. The average Bonchev–Trinajstić information content (AvgIpc) is 2.72. The predicted molar refractivity (Wildman–Crippen MR) is 61.9 cm³/mol. The first-order chi connectivity index (χ1) is 7.70. The van der Waals surface area contributed by atoms with Crippen LogP contribution >= 0.6 is 0 Å². The fourth-order valence-electron chi connectivity index (χ4n) is 1.48. The highest BCUT2D eigenvalue weighted by Crippen LogP contribution is 2.16. The first kappa shape index (κ1) is 10.4. The Kier molecular flexibility index (Phi) is 2.72. The van der Waals surface area contributed by atoms with Gasteiger partial charge in [-0.2, -0.15) is 0 Å². The summed E-state index contributed by atoms with van der Waals surface area (Å²) in [5, 5.41) is 1.02. The lowest BCUT2D eigenvalue weighted by atomic mass is 10.1. The number of fused-ring (bicyclic) bond motifs is 1. The lowest BCUT2D eigenvalue weighted by Gasteiger charge is -1.99. The normalized spacial score (nSPS) is 11.1. The van der Waals surface area contributed by atoms with Gasteiger partial charge in [-0.05, 0) is 30.7 Å². The van der Waals surface area contributed by atoms with Gasteiger partial charge in [0.15, 0.2) is 0 Å². The number of ether oxygens (including phenoxy) is 1. The number of pyridine rings is 1. The lowest BCUT2D eigenvalue weighted by molar-refractivity contribution is -0.134. The molecule has 1 N–H and O–H groups in total. The molecule has 2 aromatic rings. The van der Waals surface area contributed by atoms with E-state index in [1.165, 1.54) is 13.2 Å². The van der Waals surface area contributed by atoms with Crippen LogP contribution < -0.4 is 0 Å². The molecular formula is C12H12N2O2. The van der Waals surface area contributed by atoms with Gasteiger partial charge in [-0.3, -0.25) is 0 Å². The third kappa shape index (κ3) is 1.95. The molecule has 0 aromatic carbocycles. The number of nitrogens with zero attached hydrogens (tertiary/aromatic N) is 1. The summed E-state index contributed by atoms with van der Waals surface area (Å²) in [5.41, 5.74) is 2.64. The van der Waals surface area contributed by atoms with Crippen LogP contribution in [0.3, 0.4) is 0 Å². The Morgan fingerprint density at radius 2 is 2.38 bits per heavy atom. The van der Waals surface area contributed by atoms with Gasteiger partial charge in [0, 0.05) is 23.4 Å². The van der Waals surface area contributed by atoms with E-state index in [2.05, 4.69) is 14.7 Å². The summed E-state index contributed by atoms with van der Waals surface area (Å²) >= 11 is 0. The summed E-state index contributed by atoms with van der Waals surface area (Å²) in [7, 11) is 1.35. The molecule has 0 radical (unpaired) electrons. The zero-order valence-corrected chi connectivity index (χ0v) is 9.15. The molecule has 0 spiro atoms. The molecule has 0 aliphatic carbocycles. The van der Waals surface area contributed by atoms with Crippen LogP contribution in [-0.2, 0) is 9.53 Å². The van der Waals surface area contributed by atoms with Crippen molar-refractivity contribution in [1.29, 1.82) is 0 Å². The van der Waals surface area contributed by atoms with Crippen molar-refractivity contribution >= 4 is 23.1 Å². The molecule has 0 amide bonds. The van der Waals surface area contributed by atoms with Crippen LogP contribution in [0.25, 0.3) is 17.1 Å². The van der Waals surface area contributed by atoms with E-state index in [0.29, 0.717) is 0 Å². The molecule has 4 heteroatoms. The predicted octanol–water partition coefficient (Wildman–Crippen LogP) is 2.06. The number of carbonyl (C=O) groups is 1. The van der Waals surface area contributed by atoms with Crippen LogP contribution in [0.2, 0.25) is 0 Å². The first-order valence-corrected chi connectivity index (χ1v) is 4.91. The molecule has 4 nitrogen and oxygen atoms in total. The van der Waals surface area contributed by atoms with E-state index in [1.54, 1.807) is 6.08 Å². The fourth-order valence-corrected chi connectivity index (χ4v) is 1.48. The maximum Gasteiger partial charge on any atom is 0.330 e. The van der Waals surface area contributed by atoms with Gasteiger partial charge in [0.1, 0.15) is 5.65 Å². The van der Waals surface area contributed by atoms with Crippen LogP contribution in [0, 0.1) is 6.92 Å². The monoisotopic (exact) mass is 216 g/mol. The highest BCUT2D eigenvalue weighted by molar-refractivity contribution is 5.88. The smallest absolute Gasteiger partial charge is 0.330 e. The van der Waals surface area contributed by atoms with Gasteiger partial charge in [-0.25, -0.2) is 9.78 Å². The Labute approximate surface area is 93.0 Å². The summed E-state index contributed by atoms with van der Waals surface area (Å²) in [5.74, 6) is -0.367. The average molecular weight is 216 g/mol. The highest BCUT2D eigenvalue weighted by Gasteiger charge is 2.01. The molecule has 0 saturated heterocycles. The van der Waals surface area contributed by atoms with Crippen molar-refractivity contribution in [3.8, 4) is 0 Å². The minimum absolute atomic E-state index is 0.367. The number of aromatic nitrogens is 2. The summed E-state index contributed by atoms with van der Waals surface area (Å²) in [6.07, 6.45) is 4.94. The molecule has 2 rings (SSSR count). The maximum atomic E-state index is 11.0. The number of H-pyrrole nitrogens is 1. The van der Waals surface area contributed by atoms with E-state index in [9.17, 15) is 4.79 Å². The van der Waals surface area contributed by atoms with E-state index in [4.69, 9.17) is 0 Å². The molecule has 0 atom stereocenters. The van der Waals surface area contributed by atoms with Crippen LogP contribution in [0.4, 0.5) is 0 Å². The van der Waals surface area contributed by atoms with Gasteiger partial charge < -0.3 is 9.72 Å². The fraction of sp³-hybridized carbons (Fsp3) is 0.167. The molecule has 0 saturated carbocycles. The highest BCUT2D eigenvalue weighted by atomic mass is 16.5. The van der Waals surface area contributed by atoms with Crippen LogP contribution in [-0.4, -0.2) is 23.0 Å². The number of rotatable bonds is 2. The SMILES string of the molecule is COC(=O)/C=C/c1cc2cc[nH]c2nc1C. The van der Waals surface area contributed by atoms with Gasteiger partial charge in [0.05, 0.1) is 7.11 Å². The molecule has 2 heterocycles. The van der Waals surface area contributed by atoms with Crippen molar-refractivity contribution in [2.24, 2.45) is 0 Å². The summed E-state index contributed by atoms with van der Waals surface area (Å²) in [6.45, 7) is 1.90. The quantitative estimate of drug-likeness (QED) is 0.617. The molecule has 82 valence electrons. The third-order valence-corrected chi connectivity index (χ3v) is 2.36. The number of esters is 1. The van der Waals surface area contributed by atoms with Gasteiger partial charge >= 0.3 is 5.97 Å². The third-order valence-electron chi connectivity index (χ3n) is 2.36. The van der Waals surface area contributed by atoms with E-state index < -0.39 is 0 Å². The molecule has 0 unspecified atom stereocenters. The van der Waals surface area contributed by atoms with E-state index >= 15 is 0 Å². The van der Waals surface area contributed by atoms with E-state index in [1.807, 2.05) is 25.3 Å². The Morgan fingerprint density at radius 3 is 3.12 bits per heavy atom. The van der Waals surface area contributed by atoms with Crippen molar-refractivity contribution in [2.45, 2.75) is 6.92 Å². The molecular weight excluding hydrogens is 204 g/mol. The second-order valence-electron chi connectivity index (χ2n) is 3.44. The van der Waals surface area contributed by atoms with Crippen molar-refractivity contribution in [2.75, 3.05) is 7.11 Å². The molecule has 2 aromatic heterocycles. The molecule has 0 aliphatic rings. The van der Waals surface area contributed by atoms with E-state index in [-0.39, 0.29) is 5.97 Å². The van der Waals surface area contributed by atoms with Crippen molar-refractivity contribution < 1.29 is 9.53 Å². The van der Waals surface area contributed by atoms with Gasteiger partial charge in [0.25, 0.3) is 0 Å². The minimum atomic E-state index is -0.367. The van der Waals surface area contributed by atoms with Gasteiger partial charge in [0.2, 0.25) is 0 Å². The summed E-state index contributed by atoms with van der Waals surface area (Å²) < 4.78 is 4.53. The van der Waals surface area contributed by atoms with Crippen LogP contribution in [0.15, 0.2) is 24.4 Å². The Bertz CT molecular complexity index is 555. The topological polar surface area (TPSA) is 55.0 Å². The molecule has 0 fully saturated rings. The van der Waals surface area contributed by atoms with Gasteiger partial charge in [-0.1, -0.05) is 0 Å². The Morgan fingerprint density at radius 1 is 1.56 bits per heavy atom. The van der Waals surface area contributed by atoms with Crippen molar-refractivity contribution in [3.05, 3.63) is 35.7 Å². The van der Waals surface area contributed by atoms with E-state index in [0.717, 1.165) is 22.3 Å². The number of carbonyl (C=O) groups excluding carboxylic acids is 1. The first-order valence-electron chi connectivity index (χ1n) is 4.91. The Hall–Kier alpha value is -2.10. The van der Waals surface area contributed by atoms with Crippen molar-refractivity contribution in [3.63, 3.8) is 0 Å². The van der Waals surface area contributed by atoms with Gasteiger partial charge in [-0.15, -0.1) is 0 Å². The van der Waals surface area contributed by atoms with Crippen molar-refractivity contribution in [1.82, 2.24) is 9.97 Å². The standard InChI is InChI=1S/C12H12N2O2/c1-8-9(3-4-11(15)16-2)7-10-5-6-13-12(10)14-8/h3-7H,1-2H3,(H,13,14)/b4-3+. The van der Waals surface area contributed by atoms with Crippen LogP contribution in [0.5, 0.6) is 0 Å². The number of nitrogens with one attached hydrogen (secondary N) is 1. The number of aryl methyl sites for hydroxylation is 1. The molecule has 16 heavy (non-hydrogen) atoms. The number of methoxy groups -OCH3 is 1. The largest absolute Gasteiger partial charge is 0.466 e. The lowest BCUT2D eigenvalue weighted by Crippen LogP contribution is -1.94. The minimum Gasteiger partial charge on any atom is -0.466 e.